The van der Waals surface area contributed by atoms with Gasteiger partial charge in [-0.25, -0.2) is 0 Å². The molecule has 16 heavy (non-hydrogen) atoms. The van der Waals surface area contributed by atoms with Crippen LogP contribution in [0.25, 0.3) is 0 Å². The molecule has 2 rings (SSSR count). The van der Waals surface area contributed by atoms with Gasteiger partial charge >= 0.3 is 0 Å². The molecule has 0 unspecified atom stereocenters. The van der Waals surface area contributed by atoms with Gasteiger partial charge in [0.2, 0.25) is 5.91 Å². The highest BCUT2D eigenvalue weighted by atomic mass is 35.5. The van der Waals surface area contributed by atoms with Crippen molar-refractivity contribution in [3.8, 4) is 0 Å². The molecular weight excluding hydrogens is 228 g/mol. The first-order chi connectivity index (χ1) is 7.18. The van der Waals surface area contributed by atoms with Gasteiger partial charge in [-0.05, 0) is 19.3 Å². The summed E-state index contributed by atoms with van der Waals surface area (Å²) in [4.78, 5) is 13.5. The van der Waals surface area contributed by atoms with Gasteiger partial charge in [0.25, 0.3) is 0 Å². The van der Waals surface area contributed by atoms with Crippen LogP contribution >= 0.6 is 12.4 Å². The summed E-state index contributed by atoms with van der Waals surface area (Å²) in [7, 11) is 3.67. The lowest BCUT2D eigenvalue weighted by molar-refractivity contribution is -0.136. The van der Waals surface area contributed by atoms with Crippen LogP contribution in [0, 0.1) is 5.92 Å². The van der Waals surface area contributed by atoms with Crippen LogP contribution in [-0.2, 0) is 9.53 Å². The van der Waals surface area contributed by atoms with E-state index in [-0.39, 0.29) is 24.2 Å². The van der Waals surface area contributed by atoms with E-state index in [4.69, 9.17) is 4.74 Å². The maximum atomic E-state index is 11.8. The summed E-state index contributed by atoms with van der Waals surface area (Å²) < 4.78 is 5.68. The average Bonchev–Trinajstić information content (AvgIpc) is 2.27. The van der Waals surface area contributed by atoms with E-state index in [2.05, 4.69) is 5.32 Å². The van der Waals surface area contributed by atoms with Gasteiger partial charge in [-0.2, -0.15) is 0 Å². The van der Waals surface area contributed by atoms with E-state index in [1.807, 2.05) is 14.1 Å². The van der Waals surface area contributed by atoms with Gasteiger partial charge in [-0.15, -0.1) is 12.4 Å². The second-order valence-corrected chi connectivity index (χ2v) is 4.71. The number of nitrogens with zero attached hydrogens (tertiary/aromatic N) is 1. The maximum absolute atomic E-state index is 11.8. The predicted molar refractivity (Wildman–Crippen MR) is 64.8 cm³/mol. The minimum absolute atomic E-state index is 0. The molecule has 5 heteroatoms. The molecule has 94 valence electrons. The second kappa shape index (κ2) is 5.84. The lowest BCUT2D eigenvalue weighted by Crippen LogP contribution is -2.53. The Hall–Kier alpha value is -0.320. The van der Waals surface area contributed by atoms with Crippen LogP contribution in [-0.4, -0.2) is 50.2 Å². The zero-order valence-electron chi connectivity index (χ0n) is 9.94. The van der Waals surface area contributed by atoms with Gasteiger partial charge in [0, 0.05) is 32.6 Å². The molecule has 0 radical (unpaired) electrons. The molecule has 1 aliphatic carbocycles. The van der Waals surface area contributed by atoms with Gasteiger partial charge in [-0.1, -0.05) is 0 Å². The average molecular weight is 249 g/mol. The summed E-state index contributed by atoms with van der Waals surface area (Å²) in [6.45, 7) is 1.73. The van der Waals surface area contributed by atoms with Crippen molar-refractivity contribution in [1.82, 2.24) is 10.2 Å². The summed E-state index contributed by atoms with van der Waals surface area (Å²) in [5, 5.41) is 3.45. The van der Waals surface area contributed by atoms with Crippen molar-refractivity contribution in [2.75, 3.05) is 27.2 Å². The fourth-order valence-electron chi connectivity index (χ4n) is 2.60. The first-order valence-corrected chi connectivity index (χ1v) is 5.74. The number of morpholine rings is 1. The van der Waals surface area contributed by atoms with E-state index < -0.39 is 0 Å². The van der Waals surface area contributed by atoms with E-state index >= 15 is 0 Å². The lowest BCUT2D eigenvalue weighted by atomic mass is 9.82. The Morgan fingerprint density at radius 2 is 2.12 bits per heavy atom. The zero-order valence-corrected chi connectivity index (χ0v) is 10.8. The Balaban J connectivity index is 0.00000128. The minimum atomic E-state index is 0. The summed E-state index contributed by atoms with van der Waals surface area (Å²) in [5.41, 5.74) is 0. The number of ether oxygens (including phenoxy) is 1. The summed E-state index contributed by atoms with van der Waals surface area (Å²) in [6.07, 6.45) is 3.26. The Bertz CT molecular complexity index is 248. The number of nitrogens with one attached hydrogen (secondary N) is 1. The van der Waals surface area contributed by atoms with Crippen LogP contribution in [0.15, 0.2) is 0 Å². The minimum Gasteiger partial charge on any atom is -0.375 e. The molecule has 1 N–H and O–H groups in total. The van der Waals surface area contributed by atoms with E-state index in [1.165, 1.54) is 0 Å². The fraction of sp³-hybridized carbons (Fsp3) is 0.909. The van der Waals surface area contributed by atoms with E-state index in [1.54, 1.807) is 4.90 Å². The molecule has 1 saturated heterocycles. The number of hydrogen-bond donors (Lipinski definition) is 1. The molecule has 0 aromatic rings. The number of hydrogen-bond acceptors (Lipinski definition) is 3. The third-order valence-electron chi connectivity index (χ3n) is 3.42. The van der Waals surface area contributed by atoms with Crippen molar-refractivity contribution in [1.29, 1.82) is 0 Å². The van der Waals surface area contributed by atoms with E-state index in [0.29, 0.717) is 12.1 Å². The third-order valence-corrected chi connectivity index (χ3v) is 3.42. The van der Waals surface area contributed by atoms with E-state index in [9.17, 15) is 4.79 Å². The molecule has 1 heterocycles. The van der Waals surface area contributed by atoms with Crippen molar-refractivity contribution < 1.29 is 9.53 Å². The van der Waals surface area contributed by atoms with Crippen molar-refractivity contribution in [3.05, 3.63) is 0 Å². The maximum Gasteiger partial charge on any atom is 0.225 e. The number of rotatable bonds is 1. The largest absolute Gasteiger partial charge is 0.375 e. The Morgan fingerprint density at radius 3 is 2.81 bits per heavy atom. The molecule has 2 aliphatic rings. The normalized spacial score (nSPS) is 33.5. The van der Waals surface area contributed by atoms with Crippen molar-refractivity contribution in [2.45, 2.75) is 31.4 Å². The van der Waals surface area contributed by atoms with Crippen LogP contribution in [0.4, 0.5) is 0 Å². The SMILES string of the molecule is CN(C)C(=O)[C@H]1CC[C@H]2OCCN[C@@H]2C1.Cl. The van der Waals surface area contributed by atoms with Gasteiger partial charge in [0.1, 0.15) is 0 Å². The fourth-order valence-corrected chi connectivity index (χ4v) is 2.60. The number of carbonyl (C=O) groups is 1. The zero-order chi connectivity index (χ0) is 10.8. The second-order valence-electron chi connectivity index (χ2n) is 4.71. The van der Waals surface area contributed by atoms with E-state index in [0.717, 1.165) is 32.4 Å². The Morgan fingerprint density at radius 1 is 1.38 bits per heavy atom. The van der Waals surface area contributed by atoms with Crippen molar-refractivity contribution in [2.24, 2.45) is 5.92 Å². The molecular formula is C11H21ClN2O2. The smallest absolute Gasteiger partial charge is 0.225 e. The molecule has 0 aromatic heterocycles. The van der Waals surface area contributed by atoms with Crippen molar-refractivity contribution in [3.63, 3.8) is 0 Å². The highest BCUT2D eigenvalue weighted by Crippen LogP contribution is 2.29. The molecule has 1 saturated carbocycles. The summed E-state index contributed by atoms with van der Waals surface area (Å²) in [5.74, 6) is 0.455. The molecule has 1 amide bonds. The number of carbonyl (C=O) groups excluding carboxylic acids is 1. The van der Waals surface area contributed by atoms with Gasteiger partial charge in [0.15, 0.2) is 0 Å². The quantitative estimate of drug-likeness (QED) is 0.741. The van der Waals surface area contributed by atoms with Crippen LogP contribution < -0.4 is 5.32 Å². The first kappa shape index (κ1) is 13.7. The van der Waals surface area contributed by atoms with Crippen LogP contribution in [0.2, 0.25) is 0 Å². The van der Waals surface area contributed by atoms with Gasteiger partial charge in [-0.3, -0.25) is 4.79 Å². The standard InChI is InChI=1S/C11H20N2O2.ClH/c1-13(2)11(14)8-3-4-10-9(7-8)12-5-6-15-10;/h8-10,12H,3-7H2,1-2H3;1H/t8-,9+,10+;/m0./s1. The Labute approximate surface area is 103 Å². The molecule has 3 atom stereocenters. The van der Waals surface area contributed by atoms with Crippen molar-refractivity contribution >= 4 is 18.3 Å². The van der Waals surface area contributed by atoms with Crippen LogP contribution in [0.5, 0.6) is 0 Å². The molecule has 0 aromatic carbocycles. The highest BCUT2D eigenvalue weighted by molar-refractivity contribution is 5.85. The number of fused-ring (bicyclic) bond motifs is 1. The molecule has 0 spiro atoms. The number of halogens is 1. The van der Waals surface area contributed by atoms with Gasteiger partial charge < -0.3 is 15.0 Å². The lowest BCUT2D eigenvalue weighted by Gasteiger charge is -2.39. The topological polar surface area (TPSA) is 41.6 Å². The third kappa shape index (κ3) is 2.87. The first-order valence-electron chi connectivity index (χ1n) is 5.74. The Kier molecular flexibility index (Phi) is 5.02. The van der Waals surface area contributed by atoms with Crippen LogP contribution in [0.3, 0.4) is 0 Å². The molecule has 4 nitrogen and oxygen atoms in total. The molecule has 0 bridgehead atoms. The predicted octanol–water partition coefficient (Wildman–Crippen LogP) is 0.653. The summed E-state index contributed by atoms with van der Waals surface area (Å²) in [6, 6.07) is 0.390. The molecule has 2 fully saturated rings. The highest BCUT2D eigenvalue weighted by Gasteiger charge is 2.36. The van der Waals surface area contributed by atoms with Gasteiger partial charge in [0.05, 0.1) is 12.7 Å². The molecule has 1 aliphatic heterocycles. The monoisotopic (exact) mass is 248 g/mol. The summed E-state index contributed by atoms with van der Waals surface area (Å²) >= 11 is 0. The number of amides is 1. The van der Waals surface area contributed by atoms with Crippen LogP contribution in [0.1, 0.15) is 19.3 Å².